The number of nitrogens with two attached hydrogens (primary N) is 1. The van der Waals surface area contributed by atoms with Crippen LogP contribution >= 0.6 is 0 Å². The number of halogens is 4. The molecule has 0 heterocycles. The molecule has 0 bridgehead atoms. The maximum Gasteiger partial charge on any atom is 0.419 e. The van der Waals surface area contributed by atoms with Crippen molar-refractivity contribution in [2.45, 2.75) is 42.3 Å². The van der Waals surface area contributed by atoms with E-state index in [0.717, 1.165) is 18.9 Å². The lowest BCUT2D eigenvalue weighted by atomic mass is 10.0. The number of nitrogens with one attached hydrogen (secondary N) is 1. The van der Waals surface area contributed by atoms with Crippen LogP contribution in [0.3, 0.4) is 0 Å². The third kappa shape index (κ3) is 3.41. The molecule has 1 fully saturated rings. The molecule has 1 aromatic carbocycles. The van der Waals surface area contributed by atoms with Gasteiger partial charge in [0, 0.05) is 12.1 Å². The predicted octanol–water partition coefficient (Wildman–Crippen LogP) is 2.39. The van der Waals surface area contributed by atoms with E-state index in [0.29, 0.717) is 25.0 Å². The first-order valence-electron chi connectivity index (χ1n) is 6.70. The summed E-state index contributed by atoms with van der Waals surface area (Å²) < 4.78 is 78.3. The monoisotopic (exact) mass is 340 g/mol. The molecule has 0 saturated heterocycles. The quantitative estimate of drug-likeness (QED) is 0.827. The van der Waals surface area contributed by atoms with Gasteiger partial charge in [-0.2, -0.15) is 13.2 Å². The van der Waals surface area contributed by atoms with Crippen LogP contribution in [0.2, 0.25) is 0 Å². The highest BCUT2D eigenvalue weighted by molar-refractivity contribution is 7.89. The number of benzene rings is 1. The van der Waals surface area contributed by atoms with E-state index >= 15 is 0 Å². The number of hydrogen-bond acceptors (Lipinski definition) is 3. The average molecular weight is 340 g/mol. The smallest absolute Gasteiger partial charge is 0.329 e. The largest absolute Gasteiger partial charge is 0.419 e. The van der Waals surface area contributed by atoms with Gasteiger partial charge in [0.1, 0.15) is 5.82 Å². The van der Waals surface area contributed by atoms with Gasteiger partial charge in [-0.25, -0.2) is 17.5 Å². The summed E-state index contributed by atoms with van der Waals surface area (Å²) in [6.07, 6.45) is -2.34. The second kappa shape index (κ2) is 5.78. The van der Waals surface area contributed by atoms with Crippen LogP contribution in [0.5, 0.6) is 0 Å². The molecule has 3 N–H and O–H groups in total. The van der Waals surface area contributed by atoms with Crippen LogP contribution in [0.4, 0.5) is 17.6 Å². The van der Waals surface area contributed by atoms with Gasteiger partial charge in [0.05, 0.1) is 10.5 Å². The Bertz CT molecular complexity index is 652. The molecule has 22 heavy (non-hydrogen) atoms. The van der Waals surface area contributed by atoms with E-state index in [2.05, 4.69) is 4.72 Å². The van der Waals surface area contributed by atoms with Crippen molar-refractivity contribution in [1.82, 2.24) is 4.72 Å². The molecule has 0 atom stereocenters. The highest BCUT2D eigenvalue weighted by atomic mass is 32.2. The summed E-state index contributed by atoms with van der Waals surface area (Å²) in [5.74, 6) is -1.51. The zero-order valence-electron chi connectivity index (χ0n) is 11.6. The molecule has 1 aliphatic carbocycles. The first-order chi connectivity index (χ1) is 10.1. The predicted molar refractivity (Wildman–Crippen MR) is 72.0 cm³/mol. The first kappa shape index (κ1) is 17.2. The maximum atomic E-state index is 13.2. The lowest BCUT2D eigenvalue weighted by molar-refractivity contribution is -0.140. The highest BCUT2D eigenvalue weighted by Gasteiger charge is 2.39. The topological polar surface area (TPSA) is 72.2 Å². The first-order valence-corrected chi connectivity index (χ1v) is 8.19. The van der Waals surface area contributed by atoms with Gasteiger partial charge in [-0.15, -0.1) is 0 Å². The highest BCUT2D eigenvalue weighted by Crippen LogP contribution is 2.34. The third-order valence-electron chi connectivity index (χ3n) is 3.86. The minimum absolute atomic E-state index is 0.0551. The van der Waals surface area contributed by atoms with Gasteiger partial charge in [0.15, 0.2) is 0 Å². The van der Waals surface area contributed by atoms with Crippen molar-refractivity contribution in [2.75, 3.05) is 6.54 Å². The molecular formula is C13H16F4N2O2S. The van der Waals surface area contributed by atoms with Gasteiger partial charge in [-0.3, -0.25) is 0 Å². The minimum Gasteiger partial charge on any atom is -0.329 e. The number of rotatable bonds is 4. The van der Waals surface area contributed by atoms with E-state index in [1.807, 2.05) is 0 Å². The Kier molecular flexibility index (Phi) is 4.51. The summed E-state index contributed by atoms with van der Waals surface area (Å²) in [4.78, 5) is -0.624. The fourth-order valence-electron chi connectivity index (χ4n) is 2.63. The van der Waals surface area contributed by atoms with E-state index in [-0.39, 0.29) is 6.54 Å². The molecule has 2 rings (SSSR count). The molecule has 4 nitrogen and oxygen atoms in total. The zero-order chi connectivity index (χ0) is 16.6. The van der Waals surface area contributed by atoms with Crippen molar-refractivity contribution in [3.63, 3.8) is 0 Å². The summed E-state index contributed by atoms with van der Waals surface area (Å²) in [5, 5.41) is 0. The molecule has 0 radical (unpaired) electrons. The van der Waals surface area contributed by atoms with Crippen LogP contribution < -0.4 is 10.5 Å². The fourth-order valence-corrected chi connectivity index (χ4v) is 4.13. The van der Waals surface area contributed by atoms with Crippen LogP contribution in [-0.4, -0.2) is 20.5 Å². The second-order valence-corrected chi connectivity index (χ2v) is 7.12. The van der Waals surface area contributed by atoms with Crippen LogP contribution in [0, 0.1) is 5.82 Å². The SMILES string of the molecule is NCC1(NS(=O)(=O)c2ccc(F)c(C(F)(F)F)c2)CCCC1. The second-order valence-electron chi connectivity index (χ2n) is 5.44. The standard InChI is InChI=1S/C13H16F4N2O2S/c14-11-4-3-9(7-10(11)13(15,16)17)22(20,21)19-12(8-18)5-1-2-6-12/h3-4,7,19H,1-2,5-6,8,18H2. The molecule has 0 aliphatic heterocycles. The average Bonchev–Trinajstić information content (AvgIpc) is 2.86. The van der Waals surface area contributed by atoms with E-state index < -0.39 is 38.0 Å². The zero-order valence-corrected chi connectivity index (χ0v) is 12.4. The summed E-state index contributed by atoms with van der Waals surface area (Å²) in [5.41, 5.74) is 3.16. The summed E-state index contributed by atoms with van der Waals surface area (Å²) in [6, 6.07) is 1.62. The molecule has 1 aromatic rings. The van der Waals surface area contributed by atoms with Crippen molar-refractivity contribution in [3.8, 4) is 0 Å². The summed E-state index contributed by atoms with van der Waals surface area (Å²) in [7, 11) is -4.21. The Morgan fingerprint density at radius 1 is 1.23 bits per heavy atom. The lowest BCUT2D eigenvalue weighted by Gasteiger charge is -2.28. The van der Waals surface area contributed by atoms with Crippen molar-refractivity contribution in [3.05, 3.63) is 29.6 Å². The number of sulfonamides is 1. The molecule has 0 unspecified atom stereocenters. The van der Waals surface area contributed by atoms with Crippen molar-refractivity contribution >= 4 is 10.0 Å². The molecule has 0 spiro atoms. The molecule has 124 valence electrons. The Hall–Kier alpha value is -1.19. The Morgan fingerprint density at radius 2 is 1.82 bits per heavy atom. The normalized spacial score (nSPS) is 18.6. The Morgan fingerprint density at radius 3 is 2.32 bits per heavy atom. The van der Waals surface area contributed by atoms with Crippen molar-refractivity contribution in [1.29, 1.82) is 0 Å². The third-order valence-corrected chi connectivity index (χ3v) is 5.43. The minimum atomic E-state index is -4.96. The van der Waals surface area contributed by atoms with E-state index in [4.69, 9.17) is 5.73 Å². The number of hydrogen-bond donors (Lipinski definition) is 2. The summed E-state index contributed by atoms with van der Waals surface area (Å²) >= 11 is 0. The van der Waals surface area contributed by atoms with Crippen molar-refractivity contribution in [2.24, 2.45) is 5.73 Å². The molecule has 0 amide bonds. The van der Waals surface area contributed by atoms with Gasteiger partial charge in [-0.1, -0.05) is 12.8 Å². The molecule has 0 aromatic heterocycles. The molecule has 1 aliphatic rings. The summed E-state index contributed by atoms with van der Waals surface area (Å²) in [6.45, 7) is 0.0551. The van der Waals surface area contributed by atoms with Crippen molar-refractivity contribution < 1.29 is 26.0 Å². The van der Waals surface area contributed by atoms with Gasteiger partial charge >= 0.3 is 6.18 Å². The van der Waals surface area contributed by atoms with Crippen LogP contribution in [-0.2, 0) is 16.2 Å². The maximum absolute atomic E-state index is 13.2. The molecular weight excluding hydrogens is 324 g/mol. The van der Waals surface area contributed by atoms with Gasteiger partial charge < -0.3 is 5.73 Å². The Labute approximate surface area is 125 Å². The molecule has 9 heteroatoms. The van der Waals surface area contributed by atoms with Crippen LogP contribution in [0.25, 0.3) is 0 Å². The number of alkyl halides is 3. The van der Waals surface area contributed by atoms with Gasteiger partial charge in [0.2, 0.25) is 10.0 Å². The molecule has 1 saturated carbocycles. The van der Waals surface area contributed by atoms with Crippen LogP contribution in [0.1, 0.15) is 31.2 Å². The van der Waals surface area contributed by atoms with Gasteiger partial charge in [-0.05, 0) is 31.0 Å². The fraction of sp³-hybridized carbons (Fsp3) is 0.538. The van der Waals surface area contributed by atoms with E-state index in [1.165, 1.54) is 0 Å². The van der Waals surface area contributed by atoms with Gasteiger partial charge in [0.25, 0.3) is 0 Å². The van der Waals surface area contributed by atoms with E-state index in [9.17, 15) is 26.0 Å². The Balaban J connectivity index is 2.38. The van der Waals surface area contributed by atoms with E-state index in [1.54, 1.807) is 0 Å². The van der Waals surface area contributed by atoms with Crippen LogP contribution in [0.15, 0.2) is 23.1 Å². The lowest BCUT2D eigenvalue weighted by Crippen LogP contribution is -2.51.